The molecule has 0 aliphatic heterocycles. The van der Waals surface area contributed by atoms with Gasteiger partial charge < -0.3 is 10.1 Å². The van der Waals surface area contributed by atoms with Crippen molar-refractivity contribution in [1.82, 2.24) is 20.3 Å². The lowest BCUT2D eigenvalue weighted by Gasteiger charge is -2.19. The number of aryl methyl sites for hydroxylation is 1. The molecule has 1 amide bonds. The maximum Gasteiger partial charge on any atom is 0.264 e. The number of amides is 1. The molecule has 0 atom stereocenters. The minimum atomic E-state index is -0.342. The number of nitrogens with zero attached hydrogens (tertiary/aromatic N) is 3. The minimum absolute atomic E-state index is 0.0602. The van der Waals surface area contributed by atoms with E-state index in [0.29, 0.717) is 11.3 Å². The van der Waals surface area contributed by atoms with Gasteiger partial charge in [-0.05, 0) is 72.1 Å². The van der Waals surface area contributed by atoms with E-state index in [0.717, 1.165) is 22.5 Å². The van der Waals surface area contributed by atoms with E-state index in [9.17, 15) is 4.79 Å². The fourth-order valence-corrected chi connectivity index (χ4v) is 3.62. The number of rotatable bonds is 5. The van der Waals surface area contributed by atoms with Gasteiger partial charge in [0.25, 0.3) is 5.91 Å². The maximum absolute atomic E-state index is 12.3. The first-order valence-corrected chi connectivity index (χ1v) is 11.4. The predicted molar refractivity (Wildman–Crippen MR) is 139 cm³/mol. The van der Waals surface area contributed by atoms with Gasteiger partial charge in [0.05, 0.1) is 5.69 Å². The molecule has 4 rings (SSSR count). The number of ether oxygens (including phenoxy) is 1. The lowest BCUT2D eigenvalue weighted by Crippen LogP contribution is -2.37. The van der Waals surface area contributed by atoms with Crippen molar-refractivity contribution in [3.63, 3.8) is 0 Å². The Morgan fingerprint density at radius 3 is 2.29 bits per heavy atom. The van der Waals surface area contributed by atoms with Crippen LogP contribution < -0.4 is 15.4 Å². The molecule has 0 saturated carbocycles. The molecule has 0 unspecified atom stereocenters. The molecule has 8 heteroatoms. The minimum Gasteiger partial charge on any atom is -0.484 e. The summed E-state index contributed by atoms with van der Waals surface area (Å²) in [7, 11) is 0. The molecule has 1 heterocycles. The summed E-state index contributed by atoms with van der Waals surface area (Å²) in [4.78, 5) is 13.9. The second-order valence-corrected chi connectivity index (χ2v) is 9.45. The van der Waals surface area contributed by atoms with Crippen molar-refractivity contribution in [1.29, 1.82) is 0 Å². The number of benzene rings is 3. The number of fused-ring (bicyclic) bond motifs is 1. The number of carbonyl (C=O) groups excluding carboxylic acids is 1. The van der Waals surface area contributed by atoms with E-state index < -0.39 is 0 Å². The zero-order chi connectivity index (χ0) is 24.3. The molecular weight excluding hydrogens is 446 g/mol. The Morgan fingerprint density at radius 2 is 1.65 bits per heavy atom. The van der Waals surface area contributed by atoms with Gasteiger partial charge in [0.1, 0.15) is 16.8 Å². The van der Waals surface area contributed by atoms with Crippen LogP contribution >= 0.6 is 12.2 Å². The van der Waals surface area contributed by atoms with Gasteiger partial charge in [-0.25, -0.2) is 0 Å². The lowest BCUT2D eigenvalue weighted by molar-refractivity contribution is -0.121. The van der Waals surface area contributed by atoms with Gasteiger partial charge in [-0.15, -0.1) is 10.2 Å². The second-order valence-electron chi connectivity index (χ2n) is 9.05. The Balaban J connectivity index is 1.36. The molecule has 174 valence electrons. The Hall–Kier alpha value is -3.78. The van der Waals surface area contributed by atoms with Crippen LogP contribution in [0.5, 0.6) is 5.75 Å². The Labute approximate surface area is 204 Å². The van der Waals surface area contributed by atoms with Gasteiger partial charge in [-0.1, -0.05) is 51.1 Å². The molecule has 0 spiro atoms. The standard InChI is InChI=1S/C26H27N5O2S/c1-17-14-22-23(30-31(29-22)19-8-6-5-7-9-19)15-21(17)27-25(34)28-24(32)16-33-20-12-10-18(11-13-20)26(2,3)4/h5-15H,16H2,1-4H3,(H2,27,28,32,34). The van der Waals surface area contributed by atoms with E-state index in [2.05, 4.69) is 41.6 Å². The molecule has 2 N–H and O–H groups in total. The Bertz CT molecular complexity index is 1330. The summed E-state index contributed by atoms with van der Waals surface area (Å²) in [5.74, 6) is 0.288. The molecule has 0 radical (unpaired) electrons. The fraction of sp³-hybridized carbons (Fsp3) is 0.231. The molecule has 3 aromatic carbocycles. The van der Waals surface area contributed by atoms with Crippen molar-refractivity contribution in [3.05, 3.63) is 77.9 Å². The van der Waals surface area contributed by atoms with Crippen LogP contribution in [0.25, 0.3) is 16.7 Å². The van der Waals surface area contributed by atoms with Crippen molar-refractivity contribution in [2.75, 3.05) is 11.9 Å². The monoisotopic (exact) mass is 473 g/mol. The third-order valence-electron chi connectivity index (χ3n) is 5.31. The molecule has 0 saturated heterocycles. The number of carbonyl (C=O) groups is 1. The van der Waals surface area contributed by atoms with E-state index in [1.807, 2.05) is 73.7 Å². The van der Waals surface area contributed by atoms with Crippen molar-refractivity contribution >= 4 is 40.0 Å². The summed E-state index contributed by atoms with van der Waals surface area (Å²) in [5, 5.41) is 15.0. The first-order chi connectivity index (χ1) is 16.2. The lowest BCUT2D eigenvalue weighted by atomic mass is 9.87. The summed E-state index contributed by atoms with van der Waals surface area (Å²) in [6, 6.07) is 21.2. The maximum atomic E-state index is 12.3. The summed E-state index contributed by atoms with van der Waals surface area (Å²) >= 11 is 5.33. The van der Waals surface area contributed by atoms with E-state index in [4.69, 9.17) is 17.0 Å². The highest BCUT2D eigenvalue weighted by atomic mass is 32.1. The van der Waals surface area contributed by atoms with E-state index >= 15 is 0 Å². The van der Waals surface area contributed by atoms with Crippen LogP contribution in [-0.4, -0.2) is 32.6 Å². The van der Waals surface area contributed by atoms with Crippen LogP contribution in [0, 0.1) is 6.92 Å². The van der Waals surface area contributed by atoms with Gasteiger partial charge in [0.15, 0.2) is 11.7 Å². The van der Waals surface area contributed by atoms with E-state index in [1.54, 1.807) is 4.80 Å². The SMILES string of the molecule is Cc1cc2nn(-c3ccccc3)nc2cc1NC(=S)NC(=O)COc1ccc(C(C)(C)C)cc1. The molecule has 0 aliphatic rings. The highest BCUT2D eigenvalue weighted by Crippen LogP contribution is 2.24. The van der Waals surface area contributed by atoms with Crippen molar-refractivity contribution in [2.45, 2.75) is 33.1 Å². The molecule has 0 bridgehead atoms. The number of thiocarbonyl (C=S) groups is 1. The van der Waals surface area contributed by atoms with Gasteiger partial charge >= 0.3 is 0 Å². The van der Waals surface area contributed by atoms with Gasteiger partial charge in [-0.3, -0.25) is 10.1 Å². The summed E-state index contributed by atoms with van der Waals surface area (Å²) in [6.45, 7) is 8.25. The first-order valence-electron chi connectivity index (χ1n) is 11.0. The summed E-state index contributed by atoms with van der Waals surface area (Å²) < 4.78 is 5.59. The largest absolute Gasteiger partial charge is 0.484 e. The molecule has 4 aromatic rings. The van der Waals surface area contributed by atoms with Crippen molar-refractivity contribution in [2.24, 2.45) is 0 Å². The Kier molecular flexibility index (Phi) is 6.61. The highest BCUT2D eigenvalue weighted by Gasteiger charge is 2.14. The van der Waals surface area contributed by atoms with Crippen LogP contribution in [0.1, 0.15) is 31.9 Å². The third kappa shape index (κ3) is 5.58. The average molecular weight is 474 g/mol. The van der Waals surface area contributed by atoms with Gasteiger partial charge in [0.2, 0.25) is 0 Å². The number of aromatic nitrogens is 3. The summed E-state index contributed by atoms with van der Waals surface area (Å²) in [6.07, 6.45) is 0. The van der Waals surface area contributed by atoms with Gasteiger partial charge in [-0.2, -0.15) is 4.80 Å². The summed E-state index contributed by atoms with van der Waals surface area (Å²) in [5.41, 5.74) is 5.30. The predicted octanol–water partition coefficient (Wildman–Crippen LogP) is 4.92. The quantitative estimate of drug-likeness (QED) is 0.401. The Morgan fingerprint density at radius 1 is 1.00 bits per heavy atom. The average Bonchev–Trinajstić information content (AvgIpc) is 3.21. The topological polar surface area (TPSA) is 81.1 Å². The highest BCUT2D eigenvalue weighted by molar-refractivity contribution is 7.80. The third-order valence-corrected chi connectivity index (χ3v) is 5.51. The van der Waals surface area contributed by atoms with Crippen LogP contribution in [0.4, 0.5) is 5.69 Å². The molecule has 1 aromatic heterocycles. The number of hydrogen-bond donors (Lipinski definition) is 2. The van der Waals surface area contributed by atoms with Crippen LogP contribution in [-0.2, 0) is 10.2 Å². The number of anilines is 1. The first kappa shape index (κ1) is 23.4. The van der Waals surface area contributed by atoms with Crippen LogP contribution in [0.3, 0.4) is 0 Å². The molecule has 0 aliphatic carbocycles. The van der Waals surface area contributed by atoms with E-state index in [1.165, 1.54) is 5.56 Å². The number of nitrogens with one attached hydrogen (secondary N) is 2. The number of hydrogen-bond acceptors (Lipinski definition) is 5. The number of para-hydroxylation sites is 1. The second kappa shape index (κ2) is 9.61. The zero-order valence-electron chi connectivity index (χ0n) is 19.6. The van der Waals surface area contributed by atoms with Crippen LogP contribution in [0.15, 0.2) is 66.7 Å². The van der Waals surface area contributed by atoms with Gasteiger partial charge in [0, 0.05) is 5.69 Å². The normalized spacial score (nSPS) is 11.3. The van der Waals surface area contributed by atoms with Crippen molar-refractivity contribution < 1.29 is 9.53 Å². The molecule has 7 nitrogen and oxygen atoms in total. The zero-order valence-corrected chi connectivity index (χ0v) is 20.4. The fourth-order valence-electron chi connectivity index (χ4n) is 3.40. The molecule has 34 heavy (non-hydrogen) atoms. The van der Waals surface area contributed by atoms with Crippen LogP contribution in [0.2, 0.25) is 0 Å². The van der Waals surface area contributed by atoms with E-state index in [-0.39, 0.29) is 23.0 Å². The molecular formula is C26H27N5O2S. The van der Waals surface area contributed by atoms with Crippen molar-refractivity contribution in [3.8, 4) is 11.4 Å². The molecule has 0 fully saturated rings. The smallest absolute Gasteiger partial charge is 0.264 e.